The summed E-state index contributed by atoms with van der Waals surface area (Å²) in [6.45, 7) is -0.302. The molecule has 0 bridgehead atoms. The van der Waals surface area contributed by atoms with Gasteiger partial charge in [0.1, 0.15) is 18.1 Å². The van der Waals surface area contributed by atoms with Crippen molar-refractivity contribution in [1.82, 2.24) is 9.55 Å². The lowest BCUT2D eigenvalue weighted by Gasteiger charge is -2.05. The number of benzene rings is 1. The number of hydrogen-bond donors (Lipinski definition) is 1. The van der Waals surface area contributed by atoms with Crippen molar-refractivity contribution in [3.05, 3.63) is 40.1 Å². The van der Waals surface area contributed by atoms with Crippen molar-refractivity contribution in [2.24, 2.45) is 4.99 Å². The molecule has 0 aliphatic heterocycles. The van der Waals surface area contributed by atoms with Crippen molar-refractivity contribution in [1.29, 1.82) is 0 Å². The van der Waals surface area contributed by atoms with E-state index in [-0.39, 0.29) is 22.0 Å². The Kier molecular flexibility index (Phi) is 7.90. The lowest BCUT2D eigenvalue weighted by molar-refractivity contribution is -0.141. The maximum Gasteiger partial charge on any atom is 0.337 e. The zero-order valence-corrected chi connectivity index (χ0v) is 20.3. The number of hydrogen-bond acceptors (Lipinski definition) is 11. The normalized spacial score (nSPS) is 11.9. The number of esters is 2. The van der Waals surface area contributed by atoms with E-state index in [4.69, 9.17) is 4.74 Å². The molecule has 1 aromatic carbocycles. The highest BCUT2D eigenvalue weighted by Crippen LogP contribution is 2.20. The molecule has 3 rings (SSSR count). The number of aromatic nitrogens is 2. The number of nitrogens with zero attached hydrogens (tertiary/aromatic N) is 3. The van der Waals surface area contributed by atoms with Crippen LogP contribution in [-0.2, 0) is 40.2 Å². The molecule has 0 atom stereocenters. The number of sulfone groups is 1. The first kappa shape index (κ1) is 25.2. The molecule has 34 heavy (non-hydrogen) atoms. The maximum atomic E-state index is 12.4. The Morgan fingerprint density at radius 1 is 1.15 bits per heavy atom. The van der Waals surface area contributed by atoms with Gasteiger partial charge in [0, 0.05) is 11.6 Å². The Morgan fingerprint density at radius 3 is 2.56 bits per heavy atom. The second-order valence-electron chi connectivity index (χ2n) is 6.64. The lowest BCUT2D eigenvalue weighted by Crippen LogP contribution is -2.28. The zero-order valence-electron chi connectivity index (χ0n) is 17.8. The summed E-state index contributed by atoms with van der Waals surface area (Å²) in [6, 6.07) is 4.53. The summed E-state index contributed by atoms with van der Waals surface area (Å²) in [5, 5.41) is 4.17. The number of amides is 2. The first-order chi connectivity index (χ1) is 16.1. The number of rotatable bonds is 8. The van der Waals surface area contributed by atoms with Gasteiger partial charge in [-0.1, -0.05) is 11.3 Å². The Labute approximate surface area is 200 Å². The van der Waals surface area contributed by atoms with Crippen LogP contribution < -0.4 is 10.1 Å². The standard InChI is InChI=1S/C19H18N4O8S3/c1-30-16(26)8-23-12-4-3-11(17(27)31-2)7-13(12)33-19(23)22-15(25)10-34(28,29)9-14(24)21-18-20-5-6-32-18/h3-7H,8-10H2,1-2H3,(H,20,21,24). The first-order valence-electron chi connectivity index (χ1n) is 9.37. The molecule has 2 aromatic heterocycles. The third kappa shape index (κ3) is 6.33. The van der Waals surface area contributed by atoms with Crippen molar-refractivity contribution < 1.29 is 37.1 Å². The van der Waals surface area contributed by atoms with E-state index in [2.05, 4.69) is 20.0 Å². The number of methoxy groups -OCH3 is 2. The molecule has 2 heterocycles. The van der Waals surface area contributed by atoms with Gasteiger partial charge in [0.25, 0.3) is 5.91 Å². The third-order valence-corrected chi connectivity index (χ3v) is 7.33. The van der Waals surface area contributed by atoms with Crippen LogP contribution in [-0.4, -0.2) is 67.4 Å². The lowest BCUT2D eigenvalue weighted by atomic mass is 10.2. The van der Waals surface area contributed by atoms with Crippen LogP contribution >= 0.6 is 22.7 Å². The van der Waals surface area contributed by atoms with Gasteiger partial charge in [-0.2, -0.15) is 4.99 Å². The largest absolute Gasteiger partial charge is 0.468 e. The highest BCUT2D eigenvalue weighted by Gasteiger charge is 2.22. The minimum Gasteiger partial charge on any atom is -0.468 e. The van der Waals surface area contributed by atoms with Gasteiger partial charge >= 0.3 is 11.9 Å². The Bertz CT molecular complexity index is 1420. The van der Waals surface area contributed by atoms with E-state index in [1.807, 2.05) is 0 Å². The topological polar surface area (TPSA) is 163 Å². The zero-order chi connectivity index (χ0) is 24.9. The second-order valence-corrected chi connectivity index (χ2v) is 10.6. The third-order valence-electron chi connectivity index (χ3n) is 4.21. The van der Waals surface area contributed by atoms with Crippen LogP contribution in [0.2, 0.25) is 0 Å². The Morgan fingerprint density at radius 2 is 1.91 bits per heavy atom. The summed E-state index contributed by atoms with van der Waals surface area (Å²) < 4.78 is 35.9. The van der Waals surface area contributed by atoms with E-state index >= 15 is 0 Å². The summed E-state index contributed by atoms with van der Waals surface area (Å²) in [7, 11) is -1.71. The number of nitrogens with one attached hydrogen (secondary N) is 1. The van der Waals surface area contributed by atoms with Crippen LogP contribution in [0.3, 0.4) is 0 Å². The van der Waals surface area contributed by atoms with Crippen molar-refractivity contribution >= 4 is 71.6 Å². The van der Waals surface area contributed by atoms with Gasteiger partial charge in [-0.3, -0.25) is 14.4 Å². The van der Waals surface area contributed by atoms with E-state index in [0.717, 1.165) is 22.7 Å². The van der Waals surface area contributed by atoms with Crippen LogP contribution in [0.25, 0.3) is 10.2 Å². The molecule has 3 aromatic rings. The molecular formula is C19H18N4O8S3. The van der Waals surface area contributed by atoms with Crippen LogP contribution in [0.15, 0.2) is 34.8 Å². The average molecular weight is 527 g/mol. The van der Waals surface area contributed by atoms with Crippen LogP contribution in [0.1, 0.15) is 10.4 Å². The monoisotopic (exact) mass is 526 g/mol. The van der Waals surface area contributed by atoms with E-state index in [1.54, 1.807) is 11.4 Å². The number of carbonyl (C=O) groups excluding carboxylic acids is 4. The quantitative estimate of drug-likeness (QED) is 0.414. The molecule has 2 amide bonds. The maximum absolute atomic E-state index is 12.4. The molecule has 0 saturated carbocycles. The highest BCUT2D eigenvalue weighted by atomic mass is 32.2. The highest BCUT2D eigenvalue weighted by molar-refractivity contribution is 7.92. The fraction of sp³-hybridized carbons (Fsp3) is 0.263. The van der Waals surface area contributed by atoms with Gasteiger partial charge in [-0.25, -0.2) is 18.2 Å². The second kappa shape index (κ2) is 10.7. The van der Waals surface area contributed by atoms with Crippen molar-refractivity contribution in [2.75, 3.05) is 31.0 Å². The number of anilines is 1. The molecule has 0 aliphatic carbocycles. The number of ether oxygens (including phenoxy) is 2. The molecular weight excluding hydrogens is 508 g/mol. The molecule has 0 aliphatic rings. The van der Waals surface area contributed by atoms with Crippen LogP contribution in [0, 0.1) is 0 Å². The minimum absolute atomic E-state index is 0.0230. The Hall–Kier alpha value is -3.43. The molecule has 0 spiro atoms. The smallest absolute Gasteiger partial charge is 0.337 e. The van der Waals surface area contributed by atoms with Gasteiger partial charge in [-0.05, 0) is 18.2 Å². The van der Waals surface area contributed by atoms with E-state index in [9.17, 15) is 27.6 Å². The summed E-state index contributed by atoms with van der Waals surface area (Å²) >= 11 is 2.08. The average Bonchev–Trinajstić information content (AvgIpc) is 3.39. The molecule has 0 radical (unpaired) electrons. The summed E-state index contributed by atoms with van der Waals surface area (Å²) in [5.74, 6) is -5.01. The molecule has 15 heteroatoms. The first-order valence-corrected chi connectivity index (χ1v) is 12.9. The van der Waals surface area contributed by atoms with Gasteiger partial charge in [0.05, 0.1) is 30.0 Å². The molecule has 0 saturated heterocycles. The van der Waals surface area contributed by atoms with Crippen molar-refractivity contribution in [2.45, 2.75) is 6.54 Å². The van der Waals surface area contributed by atoms with Crippen molar-refractivity contribution in [3.8, 4) is 0 Å². The number of thiazole rings is 2. The number of fused-ring (bicyclic) bond motifs is 1. The molecule has 12 nitrogen and oxygen atoms in total. The van der Waals surface area contributed by atoms with Crippen LogP contribution in [0.5, 0.6) is 0 Å². The fourth-order valence-corrected chi connectivity index (χ4v) is 5.41. The summed E-state index contributed by atoms with van der Waals surface area (Å²) in [6.07, 6.45) is 1.44. The van der Waals surface area contributed by atoms with E-state index < -0.39 is 45.1 Å². The molecule has 180 valence electrons. The predicted molar refractivity (Wildman–Crippen MR) is 123 cm³/mol. The van der Waals surface area contributed by atoms with Gasteiger partial charge in [-0.15, -0.1) is 11.3 Å². The summed E-state index contributed by atoms with van der Waals surface area (Å²) in [5.41, 5.74) is 0.716. The van der Waals surface area contributed by atoms with Gasteiger partial charge in [0.15, 0.2) is 19.8 Å². The molecule has 0 unspecified atom stereocenters. The molecule has 0 fully saturated rings. The molecule has 1 N–H and O–H groups in total. The van der Waals surface area contributed by atoms with Gasteiger partial charge < -0.3 is 19.4 Å². The van der Waals surface area contributed by atoms with E-state index in [0.29, 0.717) is 10.2 Å². The van der Waals surface area contributed by atoms with Gasteiger partial charge in [0.2, 0.25) is 5.91 Å². The number of carbonyl (C=O) groups is 4. The van der Waals surface area contributed by atoms with Crippen molar-refractivity contribution in [3.63, 3.8) is 0 Å². The predicted octanol–water partition coefficient (Wildman–Crippen LogP) is 0.600. The fourth-order valence-electron chi connectivity index (χ4n) is 2.77. The van der Waals surface area contributed by atoms with Crippen LogP contribution in [0.4, 0.5) is 5.13 Å². The SMILES string of the molecule is COC(=O)Cn1c(=NC(=O)CS(=O)(=O)CC(=O)Nc2nccs2)sc2cc(C(=O)OC)ccc21. The summed E-state index contributed by atoms with van der Waals surface area (Å²) in [4.78, 5) is 55.8. The van der Waals surface area contributed by atoms with E-state index in [1.165, 1.54) is 37.1 Å². The minimum atomic E-state index is -4.13. The Balaban J connectivity index is 1.88.